The van der Waals surface area contributed by atoms with E-state index in [4.69, 9.17) is 5.14 Å². The lowest BCUT2D eigenvalue weighted by molar-refractivity contribution is 0.589. The summed E-state index contributed by atoms with van der Waals surface area (Å²) >= 11 is 0. The summed E-state index contributed by atoms with van der Waals surface area (Å²) in [6.45, 7) is 0. The molecule has 0 radical (unpaired) electrons. The molecule has 0 amide bonds. The maximum atomic E-state index is 13.2. The first kappa shape index (κ1) is 17.6. The number of rotatable bonds is 7. The molecular weight excluding hydrogens is 345 g/mol. The predicted octanol–water partition coefficient (Wildman–Crippen LogP) is 0.605. The molecule has 23 heavy (non-hydrogen) atoms. The van der Waals surface area contributed by atoms with E-state index in [0.717, 1.165) is 0 Å². The highest BCUT2D eigenvalue weighted by Gasteiger charge is 2.16. The fourth-order valence-corrected chi connectivity index (χ4v) is 4.04. The summed E-state index contributed by atoms with van der Waals surface area (Å²) < 4.78 is 60.0. The Morgan fingerprint density at radius 3 is 2.52 bits per heavy atom. The molecule has 0 spiro atoms. The fourth-order valence-electron chi connectivity index (χ4n) is 1.98. The van der Waals surface area contributed by atoms with Crippen molar-refractivity contribution in [1.29, 1.82) is 0 Å². The molecule has 0 saturated heterocycles. The molecule has 1 heterocycles. The first-order valence-corrected chi connectivity index (χ1v) is 10.2. The summed E-state index contributed by atoms with van der Waals surface area (Å²) in [6, 6.07) is 7.25. The minimum absolute atomic E-state index is 0.0637. The van der Waals surface area contributed by atoms with E-state index in [-0.39, 0.29) is 23.7 Å². The average Bonchev–Trinajstić information content (AvgIpc) is 2.84. The molecular formula is C13H16FN3O4S2. The Balaban J connectivity index is 2.03. The molecule has 0 aliphatic heterocycles. The van der Waals surface area contributed by atoms with Gasteiger partial charge in [0.2, 0.25) is 10.0 Å². The third-order valence-corrected chi connectivity index (χ3v) is 5.47. The lowest BCUT2D eigenvalue weighted by Gasteiger charge is -2.03. The Labute approximate surface area is 133 Å². The van der Waals surface area contributed by atoms with Gasteiger partial charge in [-0.3, -0.25) is 0 Å². The van der Waals surface area contributed by atoms with Gasteiger partial charge in [0.25, 0.3) is 0 Å². The van der Waals surface area contributed by atoms with Gasteiger partial charge in [-0.2, -0.15) is 5.10 Å². The van der Waals surface area contributed by atoms with E-state index in [1.165, 1.54) is 35.1 Å². The van der Waals surface area contributed by atoms with E-state index in [2.05, 4.69) is 5.10 Å². The maximum absolute atomic E-state index is 13.2. The first-order valence-electron chi connectivity index (χ1n) is 6.66. The van der Waals surface area contributed by atoms with E-state index in [9.17, 15) is 21.2 Å². The number of nitrogens with two attached hydrogens (primary N) is 1. The highest BCUT2D eigenvalue weighted by Crippen LogP contribution is 2.11. The van der Waals surface area contributed by atoms with E-state index in [1.807, 2.05) is 0 Å². The number of aromatic nitrogens is 2. The second-order valence-corrected chi connectivity index (χ2v) is 8.96. The summed E-state index contributed by atoms with van der Waals surface area (Å²) in [5.74, 6) is -1.42. The van der Waals surface area contributed by atoms with Crippen LogP contribution in [0.4, 0.5) is 4.39 Å². The van der Waals surface area contributed by atoms with Crippen LogP contribution in [0.5, 0.6) is 0 Å². The van der Waals surface area contributed by atoms with E-state index in [1.54, 1.807) is 6.07 Å². The third-order valence-electron chi connectivity index (χ3n) is 2.97. The van der Waals surface area contributed by atoms with Gasteiger partial charge in [0.1, 0.15) is 5.82 Å². The highest BCUT2D eigenvalue weighted by atomic mass is 32.2. The summed E-state index contributed by atoms with van der Waals surface area (Å²) in [4.78, 5) is 0. The quantitative estimate of drug-likeness (QED) is 0.776. The Morgan fingerprint density at radius 2 is 1.87 bits per heavy atom. The molecule has 0 aliphatic rings. The van der Waals surface area contributed by atoms with Crippen molar-refractivity contribution in [2.75, 3.05) is 11.5 Å². The van der Waals surface area contributed by atoms with Crippen LogP contribution in [0.1, 0.15) is 12.1 Å². The molecule has 0 saturated carbocycles. The minimum Gasteiger partial charge on any atom is -0.241 e. The van der Waals surface area contributed by atoms with Crippen LogP contribution in [0.15, 0.2) is 36.5 Å². The average molecular weight is 361 g/mol. The van der Waals surface area contributed by atoms with Crippen molar-refractivity contribution in [2.45, 2.75) is 12.2 Å². The fraction of sp³-hybridized carbons (Fsp3) is 0.308. The van der Waals surface area contributed by atoms with Gasteiger partial charge in [-0.05, 0) is 30.7 Å². The van der Waals surface area contributed by atoms with Crippen molar-refractivity contribution >= 4 is 19.9 Å². The lowest BCUT2D eigenvalue weighted by atomic mass is 10.3. The van der Waals surface area contributed by atoms with E-state index in [0.29, 0.717) is 11.4 Å². The number of hydrogen-bond donors (Lipinski definition) is 1. The Bertz CT molecular complexity index is 891. The van der Waals surface area contributed by atoms with Gasteiger partial charge in [-0.1, -0.05) is 6.07 Å². The Kier molecular flexibility index (Phi) is 5.17. The van der Waals surface area contributed by atoms with Crippen LogP contribution in [0, 0.1) is 5.82 Å². The summed E-state index contributed by atoms with van der Waals surface area (Å²) in [5, 5.41) is 8.92. The number of nitrogens with zero attached hydrogens (tertiary/aromatic N) is 2. The van der Waals surface area contributed by atoms with Gasteiger partial charge in [0, 0.05) is 6.20 Å². The lowest BCUT2D eigenvalue weighted by Crippen LogP contribution is -2.19. The number of hydrogen-bond acceptors (Lipinski definition) is 5. The number of primary sulfonamides is 1. The van der Waals surface area contributed by atoms with Gasteiger partial charge in [-0.15, -0.1) is 0 Å². The number of sulfonamides is 1. The Morgan fingerprint density at radius 1 is 1.13 bits per heavy atom. The number of sulfone groups is 1. The monoisotopic (exact) mass is 361 g/mol. The molecule has 7 nitrogen and oxygen atoms in total. The van der Waals surface area contributed by atoms with Gasteiger partial charge in [0.15, 0.2) is 9.84 Å². The van der Waals surface area contributed by atoms with Crippen molar-refractivity contribution in [3.05, 3.63) is 48.0 Å². The first-order chi connectivity index (χ1) is 10.6. The standard InChI is InChI=1S/C13H16FN3O4S2/c14-11-3-1-4-13(9-11)17-6-5-12(16-17)10-22(18,19)7-2-8-23(15,20)21/h1,3-6,9H,2,7-8,10H2,(H2,15,20,21). The molecule has 2 aromatic rings. The van der Waals surface area contributed by atoms with Gasteiger partial charge >= 0.3 is 0 Å². The molecule has 1 aromatic carbocycles. The van der Waals surface area contributed by atoms with Crippen LogP contribution >= 0.6 is 0 Å². The van der Waals surface area contributed by atoms with Crippen LogP contribution < -0.4 is 5.14 Å². The zero-order valence-corrected chi connectivity index (χ0v) is 13.7. The van der Waals surface area contributed by atoms with E-state index < -0.39 is 25.7 Å². The molecule has 0 fully saturated rings. The van der Waals surface area contributed by atoms with Crippen molar-refractivity contribution < 1.29 is 21.2 Å². The van der Waals surface area contributed by atoms with Crippen LogP contribution in [0.25, 0.3) is 5.69 Å². The highest BCUT2D eigenvalue weighted by molar-refractivity contribution is 7.91. The molecule has 0 bridgehead atoms. The van der Waals surface area contributed by atoms with Gasteiger partial charge in [-0.25, -0.2) is 31.0 Å². The van der Waals surface area contributed by atoms with Gasteiger partial charge in [0.05, 0.1) is 28.6 Å². The van der Waals surface area contributed by atoms with Crippen molar-refractivity contribution in [3.8, 4) is 5.69 Å². The SMILES string of the molecule is NS(=O)(=O)CCCS(=O)(=O)Cc1ccn(-c2cccc(F)c2)n1. The molecule has 0 aliphatic carbocycles. The smallest absolute Gasteiger partial charge is 0.209 e. The third kappa shape index (κ3) is 5.73. The zero-order valence-electron chi connectivity index (χ0n) is 12.1. The van der Waals surface area contributed by atoms with Crippen LogP contribution in [-0.2, 0) is 25.6 Å². The predicted molar refractivity (Wildman–Crippen MR) is 83.6 cm³/mol. The van der Waals surface area contributed by atoms with Crippen LogP contribution in [0.2, 0.25) is 0 Å². The summed E-state index contributed by atoms with van der Waals surface area (Å²) in [6.07, 6.45) is 1.47. The number of halogens is 1. The molecule has 0 atom stereocenters. The molecule has 0 unspecified atom stereocenters. The Hall–Kier alpha value is -1.78. The van der Waals surface area contributed by atoms with Crippen molar-refractivity contribution in [2.24, 2.45) is 5.14 Å². The van der Waals surface area contributed by atoms with Crippen LogP contribution in [0.3, 0.4) is 0 Å². The van der Waals surface area contributed by atoms with Gasteiger partial charge < -0.3 is 0 Å². The molecule has 2 N–H and O–H groups in total. The normalized spacial score (nSPS) is 12.4. The van der Waals surface area contributed by atoms with E-state index >= 15 is 0 Å². The minimum atomic E-state index is -3.68. The van der Waals surface area contributed by atoms with Crippen molar-refractivity contribution in [3.63, 3.8) is 0 Å². The second kappa shape index (κ2) is 6.77. The summed E-state index contributed by atoms with van der Waals surface area (Å²) in [7, 11) is -7.18. The maximum Gasteiger partial charge on any atom is 0.209 e. The molecule has 126 valence electrons. The summed E-state index contributed by atoms with van der Waals surface area (Å²) in [5.41, 5.74) is 0.771. The second-order valence-electron chi connectivity index (χ2n) is 5.04. The topological polar surface area (TPSA) is 112 Å². The molecule has 1 aromatic heterocycles. The number of benzene rings is 1. The molecule has 2 rings (SSSR count). The molecule has 10 heteroatoms. The largest absolute Gasteiger partial charge is 0.241 e. The van der Waals surface area contributed by atoms with Crippen molar-refractivity contribution in [1.82, 2.24) is 9.78 Å². The zero-order chi connectivity index (χ0) is 17.1. The van der Waals surface area contributed by atoms with Crippen LogP contribution in [-0.4, -0.2) is 38.1 Å².